The van der Waals surface area contributed by atoms with E-state index in [2.05, 4.69) is 5.32 Å². The molecule has 2 rings (SSSR count). The van der Waals surface area contributed by atoms with Gasteiger partial charge >= 0.3 is 6.18 Å². The third-order valence-corrected chi connectivity index (χ3v) is 4.42. The highest BCUT2D eigenvalue weighted by atomic mass is 19.4. The van der Waals surface area contributed by atoms with Crippen LogP contribution in [-0.4, -0.2) is 37.3 Å². The predicted molar refractivity (Wildman–Crippen MR) is 85.5 cm³/mol. The molecule has 1 aliphatic carbocycles. The first kappa shape index (κ1) is 19.8. The number of methoxy groups -OCH3 is 2. The number of nitro benzene ring substituents is 1. The fourth-order valence-corrected chi connectivity index (χ4v) is 3.08. The summed E-state index contributed by atoms with van der Waals surface area (Å²) in [5.41, 5.74) is -0.801. The van der Waals surface area contributed by atoms with Gasteiger partial charge in [-0.05, 0) is 19.3 Å². The van der Waals surface area contributed by atoms with E-state index in [1.807, 2.05) is 0 Å². The van der Waals surface area contributed by atoms with E-state index >= 15 is 0 Å². The molecule has 1 aromatic carbocycles. The van der Waals surface area contributed by atoms with Crippen molar-refractivity contribution in [2.75, 3.05) is 14.2 Å². The van der Waals surface area contributed by atoms with Crippen molar-refractivity contribution in [1.82, 2.24) is 5.32 Å². The van der Waals surface area contributed by atoms with Gasteiger partial charge in [0, 0.05) is 12.1 Å². The molecule has 144 valence electrons. The Morgan fingerprint density at radius 3 is 2.38 bits per heavy atom. The minimum atomic E-state index is -4.32. The Kier molecular flexibility index (Phi) is 5.94. The topological polar surface area (TPSA) is 90.7 Å². The molecule has 1 N–H and O–H groups in total. The lowest BCUT2D eigenvalue weighted by molar-refractivity contribution is -0.385. The highest BCUT2D eigenvalue weighted by Crippen LogP contribution is 2.38. The van der Waals surface area contributed by atoms with Crippen LogP contribution in [-0.2, 0) is 0 Å². The van der Waals surface area contributed by atoms with Crippen molar-refractivity contribution in [2.45, 2.75) is 37.9 Å². The van der Waals surface area contributed by atoms with Gasteiger partial charge < -0.3 is 14.8 Å². The van der Waals surface area contributed by atoms with Crippen LogP contribution in [0, 0.1) is 16.0 Å². The maximum atomic E-state index is 12.9. The Morgan fingerprint density at radius 2 is 1.85 bits per heavy atom. The molecule has 1 aromatic rings. The van der Waals surface area contributed by atoms with Crippen LogP contribution in [0.1, 0.15) is 36.0 Å². The first-order valence-corrected chi connectivity index (χ1v) is 7.95. The molecular weight excluding hydrogens is 357 g/mol. The lowest BCUT2D eigenvalue weighted by Gasteiger charge is -2.31. The second kappa shape index (κ2) is 7.79. The van der Waals surface area contributed by atoms with Crippen molar-refractivity contribution in [2.24, 2.45) is 5.92 Å². The highest BCUT2D eigenvalue weighted by molar-refractivity contribution is 5.99. The number of nitro groups is 1. The monoisotopic (exact) mass is 376 g/mol. The van der Waals surface area contributed by atoms with Gasteiger partial charge in [0.2, 0.25) is 0 Å². The minimum Gasteiger partial charge on any atom is -0.493 e. The number of carbonyl (C=O) groups excluding carboxylic acids is 1. The summed E-state index contributed by atoms with van der Waals surface area (Å²) >= 11 is 0. The molecule has 26 heavy (non-hydrogen) atoms. The van der Waals surface area contributed by atoms with E-state index in [9.17, 15) is 28.1 Å². The van der Waals surface area contributed by atoms with Crippen LogP contribution >= 0.6 is 0 Å². The summed E-state index contributed by atoms with van der Waals surface area (Å²) in [4.78, 5) is 23.0. The van der Waals surface area contributed by atoms with Crippen LogP contribution in [0.25, 0.3) is 0 Å². The summed E-state index contributed by atoms with van der Waals surface area (Å²) in [7, 11) is 2.60. The normalized spacial score (nSPS) is 20.3. The van der Waals surface area contributed by atoms with Gasteiger partial charge in [-0.25, -0.2) is 0 Å². The number of carbonyl (C=O) groups is 1. The van der Waals surface area contributed by atoms with Crippen molar-refractivity contribution < 1.29 is 32.4 Å². The molecule has 0 aliphatic heterocycles. The number of hydrogen-bond acceptors (Lipinski definition) is 5. The number of nitrogens with zero attached hydrogens (tertiary/aromatic N) is 1. The molecule has 1 aliphatic rings. The Bertz CT molecular complexity index is 693. The summed E-state index contributed by atoms with van der Waals surface area (Å²) in [5.74, 6) is -2.11. The lowest BCUT2D eigenvalue weighted by atomic mass is 9.85. The summed E-state index contributed by atoms with van der Waals surface area (Å²) in [6.45, 7) is 0. The number of amides is 1. The maximum Gasteiger partial charge on any atom is 0.391 e. The van der Waals surface area contributed by atoms with Gasteiger partial charge in [-0.3, -0.25) is 14.9 Å². The Balaban J connectivity index is 2.24. The fourth-order valence-electron chi connectivity index (χ4n) is 3.08. The van der Waals surface area contributed by atoms with Gasteiger partial charge in [-0.1, -0.05) is 6.42 Å². The average Bonchev–Trinajstić information content (AvgIpc) is 2.59. The second-order valence-corrected chi connectivity index (χ2v) is 6.06. The van der Waals surface area contributed by atoms with Crippen LogP contribution in [0.2, 0.25) is 0 Å². The standard InChI is InChI=1S/C16H19F3N2O5/c1-25-13-7-11(12(21(23)24)8-14(13)26-2)15(22)20-10-5-3-4-9(6-10)16(17,18)19/h7-10H,3-6H2,1-2H3,(H,20,22)/t9-,10+/m0/s1. The molecule has 1 fully saturated rings. The van der Waals surface area contributed by atoms with E-state index in [4.69, 9.17) is 9.47 Å². The van der Waals surface area contributed by atoms with Crippen molar-refractivity contribution in [1.29, 1.82) is 0 Å². The van der Waals surface area contributed by atoms with Gasteiger partial charge in [-0.2, -0.15) is 13.2 Å². The molecule has 7 nitrogen and oxygen atoms in total. The molecule has 2 atom stereocenters. The largest absolute Gasteiger partial charge is 0.493 e. The van der Waals surface area contributed by atoms with Crippen LogP contribution in [0.4, 0.5) is 18.9 Å². The van der Waals surface area contributed by atoms with Gasteiger partial charge in [-0.15, -0.1) is 0 Å². The number of nitrogens with one attached hydrogen (secondary N) is 1. The Morgan fingerprint density at radius 1 is 1.23 bits per heavy atom. The molecule has 0 bridgehead atoms. The lowest BCUT2D eigenvalue weighted by Crippen LogP contribution is -2.41. The SMILES string of the molecule is COc1cc(C(=O)N[C@@H]2CCC[C@H](C(F)(F)F)C2)c([N+](=O)[O-])cc1OC. The van der Waals surface area contributed by atoms with E-state index in [0.29, 0.717) is 12.8 Å². The van der Waals surface area contributed by atoms with Crippen molar-refractivity contribution >= 4 is 11.6 Å². The molecule has 0 aromatic heterocycles. The van der Waals surface area contributed by atoms with Crippen LogP contribution < -0.4 is 14.8 Å². The highest BCUT2D eigenvalue weighted by Gasteiger charge is 2.42. The smallest absolute Gasteiger partial charge is 0.391 e. The second-order valence-electron chi connectivity index (χ2n) is 6.06. The van der Waals surface area contributed by atoms with Gasteiger partial charge in [0.15, 0.2) is 11.5 Å². The van der Waals surface area contributed by atoms with Crippen LogP contribution in [0.15, 0.2) is 12.1 Å². The van der Waals surface area contributed by atoms with E-state index in [1.165, 1.54) is 14.2 Å². The number of ether oxygens (including phenoxy) is 2. The average molecular weight is 376 g/mol. The number of hydrogen-bond donors (Lipinski definition) is 1. The number of halogens is 3. The third-order valence-electron chi connectivity index (χ3n) is 4.42. The summed E-state index contributed by atoms with van der Waals surface area (Å²) in [6, 6.07) is 1.50. The molecule has 1 amide bonds. The van der Waals surface area contributed by atoms with Crippen molar-refractivity contribution in [3.05, 3.63) is 27.8 Å². The molecule has 0 saturated heterocycles. The first-order valence-electron chi connectivity index (χ1n) is 7.95. The fraction of sp³-hybridized carbons (Fsp3) is 0.562. The zero-order valence-electron chi connectivity index (χ0n) is 14.3. The van der Waals surface area contributed by atoms with E-state index in [0.717, 1.165) is 12.1 Å². The van der Waals surface area contributed by atoms with Gasteiger partial charge in [0.05, 0.1) is 31.1 Å². The molecule has 0 radical (unpaired) electrons. The van der Waals surface area contributed by atoms with Crippen molar-refractivity contribution in [3.63, 3.8) is 0 Å². The number of alkyl halides is 3. The molecule has 1 saturated carbocycles. The zero-order chi connectivity index (χ0) is 19.5. The van der Waals surface area contributed by atoms with E-state index in [-0.39, 0.29) is 29.9 Å². The first-order chi connectivity index (χ1) is 12.2. The third kappa shape index (κ3) is 4.36. The molecule has 0 unspecified atom stereocenters. The summed E-state index contributed by atoms with van der Waals surface area (Å²) in [5, 5.41) is 13.7. The quantitative estimate of drug-likeness (QED) is 0.628. The predicted octanol–water partition coefficient (Wildman–Crippen LogP) is 3.46. The Hall–Kier alpha value is -2.52. The molecule has 0 heterocycles. The molecule has 0 spiro atoms. The number of benzene rings is 1. The van der Waals surface area contributed by atoms with Crippen LogP contribution in [0.5, 0.6) is 11.5 Å². The maximum absolute atomic E-state index is 12.9. The zero-order valence-corrected chi connectivity index (χ0v) is 14.3. The van der Waals surface area contributed by atoms with Gasteiger partial charge in [0.25, 0.3) is 11.6 Å². The van der Waals surface area contributed by atoms with Gasteiger partial charge in [0.1, 0.15) is 5.56 Å². The van der Waals surface area contributed by atoms with Crippen molar-refractivity contribution in [3.8, 4) is 11.5 Å². The summed E-state index contributed by atoms with van der Waals surface area (Å²) < 4.78 is 48.7. The molecular formula is C16H19F3N2O5. The molecule has 10 heteroatoms. The Labute approximate surface area is 147 Å². The van der Waals surface area contributed by atoms with Crippen LogP contribution in [0.3, 0.4) is 0 Å². The van der Waals surface area contributed by atoms with E-state index in [1.54, 1.807) is 0 Å². The van der Waals surface area contributed by atoms with E-state index < -0.39 is 34.7 Å². The summed E-state index contributed by atoms with van der Waals surface area (Å²) in [6.07, 6.45) is -3.83. The number of rotatable bonds is 5. The minimum absolute atomic E-state index is 0.0202.